The van der Waals surface area contributed by atoms with Crippen molar-refractivity contribution in [2.75, 3.05) is 6.61 Å². The Morgan fingerprint density at radius 1 is 1.40 bits per heavy atom. The van der Waals surface area contributed by atoms with Crippen molar-refractivity contribution in [3.05, 3.63) is 17.5 Å². The molecule has 1 aromatic heterocycles. The standard InChI is InChI=1S/C13H19F3N2O2/c1-5-20-12(19)9(4)6-10-7-11(13(14,15)16)17-18(10)8(2)3/h7-9H,5-6H2,1-4H3/t9-/m1/s1. The SMILES string of the molecule is CCOC(=O)[C@H](C)Cc1cc(C(F)(F)F)nn1C(C)C. The van der Waals surface area contributed by atoms with E-state index in [4.69, 9.17) is 4.74 Å². The lowest BCUT2D eigenvalue weighted by Gasteiger charge is -2.14. The normalized spacial score (nSPS) is 13.6. The van der Waals surface area contributed by atoms with Crippen LogP contribution >= 0.6 is 0 Å². The van der Waals surface area contributed by atoms with Crippen molar-refractivity contribution in [1.82, 2.24) is 9.78 Å². The molecule has 0 amide bonds. The summed E-state index contributed by atoms with van der Waals surface area (Å²) in [6.07, 6.45) is -4.32. The van der Waals surface area contributed by atoms with E-state index in [1.165, 1.54) is 4.68 Å². The molecule has 0 radical (unpaired) electrons. The van der Waals surface area contributed by atoms with E-state index in [2.05, 4.69) is 5.10 Å². The fourth-order valence-corrected chi connectivity index (χ4v) is 1.85. The first-order valence-electron chi connectivity index (χ1n) is 6.49. The summed E-state index contributed by atoms with van der Waals surface area (Å²) >= 11 is 0. The van der Waals surface area contributed by atoms with Crippen LogP contribution in [0.25, 0.3) is 0 Å². The van der Waals surface area contributed by atoms with Crippen LogP contribution in [0.2, 0.25) is 0 Å². The minimum Gasteiger partial charge on any atom is -0.466 e. The number of carbonyl (C=O) groups excluding carboxylic acids is 1. The zero-order valence-corrected chi connectivity index (χ0v) is 12.0. The van der Waals surface area contributed by atoms with E-state index in [1.54, 1.807) is 27.7 Å². The van der Waals surface area contributed by atoms with E-state index in [0.717, 1.165) is 6.07 Å². The number of hydrogen-bond donors (Lipinski definition) is 0. The quantitative estimate of drug-likeness (QED) is 0.783. The van der Waals surface area contributed by atoms with Crippen molar-refractivity contribution >= 4 is 5.97 Å². The molecule has 1 aromatic rings. The summed E-state index contributed by atoms with van der Waals surface area (Å²) in [5.74, 6) is -0.928. The van der Waals surface area contributed by atoms with Gasteiger partial charge in [-0.05, 0) is 26.8 Å². The van der Waals surface area contributed by atoms with Gasteiger partial charge in [-0.2, -0.15) is 18.3 Å². The molecule has 0 saturated heterocycles. The molecule has 114 valence electrons. The third kappa shape index (κ3) is 3.98. The van der Waals surface area contributed by atoms with Crippen molar-refractivity contribution in [1.29, 1.82) is 0 Å². The molecule has 0 unspecified atom stereocenters. The van der Waals surface area contributed by atoms with Gasteiger partial charge in [0.2, 0.25) is 0 Å². The number of nitrogens with zero attached hydrogens (tertiary/aromatic N) is 2. The first kappa shape index (κ1) is 16.5. The maximum atomic E-state index is 12.7. The molecule has 0 spiro atoms. The Hall–Kier alpha value is -1.53. The monoisotopic (exact) mass is 292 g/mol. The van der Waals surface area contributed by atoms with Crippen LogP contribution in [0.5, 0.6) is 0 Å². The smallest absolute Gasteiger partial charge is 0.435 e. The predicted octanol–water partition coefficient (Wildman–Crippen LogP) is 3.22. The number of ether oxygens (including phenoxy) is 1. The van der Waals surface area contributed by atoms with Gasteiger partial charge in [0.1, 0.15) is 0 Å². The maximum Gasteiger partial charge on any atom is 0.435 e. The topological polar surface area (TPSA) is 44.1 Å². The van der Waals surface area contributed by atoms with Gasteiger partial charge in [-0.1, -0.05) is 6.92 Å². The summed E-state index contributed by atoms with van der Waals surface area (Å²) in [5, 5.41) is 3.58. The van der Waals surface area contributed by atoms with Crippen molar-refractivity contribution in [2.24, 2.45) is 5.92 Å². The van der Waals surface area contributed by atoms with Crippen LogP contribution in [-0.2, 0) is 22.1 Å². The summed E-state index contributed by atoms with van der Waals surface area (Å²) in [6.45, 7) is 7.05. The van der Waals surface area contributed by atoms with Crippen LogP contribution in [0.3, 0.4) is 0 Å². The molecule has 4 nitrogen and oxygen atoms in total. The van der Waals surface area contributed by atoms with Gasteiger partial charge in [0.15, 0.2) is 5.69 Å². The third-order valence-electron chi connectivity index (χ3n) is 2.80. The van der Waals surface area contributed by atoms with E-state index in [1.807, 2.05) is 0 Å². The maximum absolute atomic E-state index is 12.7. The van der Waals surface area contributed by atoms with Crippen LogP contribution in [-0.4, -0.2) is 22.4 Å². The van der Waals surface area contributed by atoms with Gasteiger partial charge in [-0.25, -0.2) is 0 Å². The fourth-order valence-electron chi connectivity index (χ4n) is 1.85. The first-order chi connectivity index (χ1) is 9.16. The molecule has 0 N–H and O–H groups in total. The molecular formula is C13H19F3N2O2. The Bertz CT molecular complexity index is 467. The van der Waals surface area contributed by atoms with Gasteiger partial charge in [0.25, 0.3) is 0 Å². The fraction of sp³-hybridized carbons (Fsp3) is 0.692. The Morgan fingerprint density at radius 3 is 2.45 bits per heavy atom. The van der Waals surface area contributed by atoms with Crippen LogP contribution in [0, 0.1) is 5.92 Å². The Labute approximate surface area is 115 Å². The van der Waals surface area contributed by atoms with E-state index in [0.29, 0.717) is 5.69 Å². The molecule has 0 aliphatic carbocycles. The summed E-state index contributed by atoms with van der Waals surface area (Å²) in [4.78, 5) is 11.6. The van der Waals surface area contributed by atoms with E-state index >= 15 is 0 Å². The highest BCUT2D eigenvalue weighted by Crippen LogP contribution is 2.30. The number of carbonyl (C=O) groups is 1. The highest BCUT2D eigenvalue weighted by Gasteiger charge is 2.35. The number of halogens is 3. The van der Waals surface area contributed by atoms with Crippen LogP contribution < -0.4 is 0 Å². The number of alkyl halides is 3. The minimum atomic E-state index is -4.48. The molecule has 0 bridgehead atoms. The van der Waals surface area contributed by atoms with Crippen molar-refractivity contribution in [3.63, 3.8) is 0 Å². The molecule has 0 aromatic carbocycles. The Balaban J connectivity index is 2.99. The number of esters is 1. The lowest BCUT2D eigenvalue weighted by Crippen LogP contribution is -2.19. The van der Waals surface area contributed by atoms with E-state index in [9.17, 15) is 18.0 Å². The highest BCUT2D eigenvalue weighted by atomic mass is 19.4. The molecule has 1 rings (SSSR count). The molecule has 0 fully saturated rings. The lowest BCUT2D eigenvalue weighted by atomic mass is 10.1. The molecule has 7 heteroatoms. The average molecular weight is 292 g/mol. The molecule has 0 saturated carbocycles. The number of aromatic nitrogens is 2. The highest BCUT2D eigenvalue weighted by molar-refractivity contribution is 5.72. The zero-order chi connectivity index (χ0) is 15.5. The number of hydrogen-bond acceptors (Lipinski definition) is 3. The third-order valence-corrected chi connectivity index (χ3v) is 2.80. The van der Waals surface area contributed by atoms with Gasteiger partial charge >= 0.3 is 12.1 Å². The molecule has 20 heavy (non-hydrogen) atoms. The van der Waals surface area contributed by atoms with Crippen LogP contribution in [0.1, 0.15) is 45.1 Å². The summed E-state index contributed by atoms with van der Waals surface area (Å²) in [6, 6.07) is 0.783. The Kier molecular flexibility index (Phi) is 5.19. The van der Waals surface area contributed by atoms with Crippen molar-refractivity contribution in [3.8, 4) is 0 Å². The second-order valence-electron chi connectivity index (χ2n) is 4.91. The average Bonchev–Trinajstić information content (AvgIpc) is 2.73. The molecule has 1 heterocycles. The van der Waals surface area contributed by atoms with Gasteiger partial charge < -0.3 is 4.74 Å². The minimum absolute atomic E-state index is 0.167. The molecule has 1 atom stereocenters. The predicted molar refractivity (Wildman–Crippen MR) is 67.1 cm³/mol. The molecular weight excluding hydrogens is 273 g/mol. The van der Waals surface area contributed by atoms with Gasteiger partial charge in [-0.15, -0.1) is 0 Å². The first-order valence-corrected chi connectivity index (χ1v) is 6.49. The number of rotatable bonds is 5. The second-order valence-corrected chi connectivity index (χ2v) is 4.91. The van der Waals surface area contributed by atoms with Crippen LogP contribution in [0.15, 0.2) is 6.07 Å². The largest absolute Gasteiger partial charge is 0.466 e. The van der Waals surface area contributed by atoms with Crippen molar-refractivity contribution < 1.29 is 22.7 Å². The van der Waals surface area contributed by atoms with Gasteiger partial charge in [0.05, 0.1) is 12.5 Å². The Morgan fingerprint density at radius 2 is 2.00 bits per heavy atom. The zero-order valence-electron chi connectivity index (χ0n) is 12.0. The summed E-state index contributed by atoms with van der Waals surface area (Å²) < 4.78 is 44.2. The lowest BCUT2D eigenvalue weighted by molar-refractivity contribution is -0.147. The molecule has 0 aliphatic heterocycles. The second kappa shape index (κ2) is 6.28. The molecule has 0 aliphatic rings. The van der Waals surface area contributed by atoms with Crippen molar-refractivity contribution in [2.45, 2.75) is 46.3 Å². The van der Waals surface area contributed by atoms with E-state index < -0.39 is 23.8 Å². The summed E-state index contributed by atoms with van der Waals surface area (Å²) in [5.41, 5.74) is -0.551. The summed E-state index contributed by atoms with van der Waals surface area (Å²) in [7, 11) is 0. The van der Waals surface area contributed by atoms with Gasteiger partial charge in [0, 0.05) is 18.2 Å². The van der Waals surface area contributed by atoms with Gasteiger partial charge in [-0.3, -0.25) is 9.48 Å². The van der Waals surface area contributed by atoms with Crippen LogP contribution in [0.4, 0.5) is 13.2 Å². The van der Waals surface area contributed by atoms with E-state index in [-0.39, 0.29) is 19.1 Å².